The Morgan fingerprint density at radius 3 is 2.19 bits per heavy atom. The first kappa shape index (κ1) is 23.7. The molecule has 4 rings (SSSR count). The van der Waals surface area contributed by atoms with Crippen molar-refractivity contribution in [2.75, 3.05) is 6.61 Å². The van der Waals surface area contributed by atoms with Crippen molar-refractivity contribution in [1.82, 2.24) is 0 Å². The molecule has 1 aliphatic heterocycles. The van der Waals surface area contributed by atoms with Crippen LogP contribution in [-0.4, -0.2) is 70.0 Å². The second kappa shape index (κ2) is 7.52. The minimum Gasteiger partial charge on any atom is -0.458 e. The quantitative estimate of drug-likeness (QED) is 0.327. The van der Waals surface area contributed by atoms with Crippen molar-refractivity contribution in [2.45, 2.75) is 96.9 Å². The minimum absolute atomic E-state index is 0.279. The van der Waals surface area contributed by atoms with Gasteiger partial charge in [0.25, 0.3) is 0 Å². The highest BCUT2D eigenvalue weighted by Crippen LogP contribution is 2.64. The van der Waals surface area contributed by atoms with E-state index < -0.39 is 70.7 Å². The molecule has 3 fully saturated rings. The number of hydrogen-bond acceptors (Lipinski definition) is 8. The molecule has 3 aliphatic carbocycles. The Balaban J connectivity index is 2.00. The van der Waals surface area contributed by atoms with E-state index in [1.54, 1.807) is 0 Å². The molecule has 1 saturated heterocycles. The average Bonchev–Trinajstić information content (AvgIpc) is 3.41. The molecule has 2 bridgehead atoms. The molecule has 9 atom stereocenters. The number of rotatable bonds is 2. The van der Waals surface area contributed by atoms with E-state index >= 15 is 0 Å². The van der Waals surface area contributed by atoms with Gasteiger partial charge in [0.05, 0.1) is 24.9 Å². The Morgan fingerprint density at radius 2 is 1.66 bits per heavy atom. The van der Waals surface area contributed by atoms with Crippen molar-refractivity contribution in [1.29, 1.82) is 0 Å². The van der Waals surface area contributed by atoms with E-state index in [-0.39, 0.29) is 6.61 Å². The third-order valence-corrected chi connectivity index (χ3v) is 8.66. The monoisotopic (exact) mass is 452 g/mol. The van der Waals surface area contributed by atoms with Gasteiger partial charge in [-0.2, -0.15) is 0 Å². The van der Waals surface area contributed by atoms with Crippen LogP contribution in [0.25, 0.3) is 0 Å². The summed E-state index contributed by atoms with van der Waals surface area (Å²) in [7, 11) is 0. The van der Waals surface area contributed by atoms with Gasteiger partial charge >= 0.3 is 11.9 Å². The van der Waals surface area contributed by atoms with Crippen LogP contribution in [0.15, 0.2) is 11.1 Å². The average molecular weight is 453 g/mol. The number of hydrogen-bond donors (Lipinski definition) is 3. The summed E-state index contributed by atoms with van der Waals surface area (Å²) in [5.74, 6) is -2.21. The fraction of sp³-hybridized carbons (Fsp3) is 0.833. The zero-order valence-corrected chi connectivity index (χ0v) is 19.8. The molecule has 0 aromatic rings. The van der Waals surface area contributed by atoms with E-state index in [0.29, 0.717) is 19.3 Å². The van der Waals surface area contributed by atoms with Crippen LogP contribution < -0.4 is 0 Å². The second-order valence-electron chi connectivity index (χ2n) is 11.0. The van der Waals surface area contributed by atoms with Gasteiger partial charge in [-0.15, -0.1) is 0 Å². The summed E-state index contributed by atoms with van der Waals surface area (Å²) < 4.78 is 17.6. The van der Waals surface area contributed by atoms with Gasteiger partial charge in [-0.05, 0) is 37.2 Å². The Kier molecular flexibility index (Phi) is 5.56. The van der Waals surface area contributed by atoms with Gasteiger partial charge in [0.15, 0.2) is 6.10 Å². The highest BCUT2D eigenvalue weighted by molar-refractivity contribution is 5.68. The van der Waals surface area contributed by atoms with Crippen LogP contribution in [-0.2, 0) is 23.8 Å². The maximum atomic E-state index is 12.3. The van der Waals surface area contributed by atoms with Gasteiger partial charge in [0, 0.05) is 31.1 Å². The second-order valence-corrected chi connectivity index (χ2v) is 11.0. The van der Waals surface area contributed by atoms with Crippen LogP contribution in [0.2, 0.25) is 0 Å². The molecule has 1 spiro atoms. The van der Waals surface area contributed by atoms with Crippen molar-refractivity contribution < 1.29 is 39.1 Å². The molecule has 2 saturated carbocycles. The number of epoxide rings is 1. The zero-order chi connectivity index (χ0) is 23.8. The smallest absolute Gasteiger partial charge is 0.303 e. The van der Waals surface area contributed by atoms with Crippen LogP contribution in [0, 0.1) is 22.7 Å². The lowest BCUT2D eigenvalue weighted by Crippen LogP contribution is -2.68. The zero-order valence-electron chi connectivity index (χ0n) is 19.8. The van der Waals surface area contributed by atoms with Crippen molar-refractivity contribution >= 4 is 11.9 Å². The maximum absolute atomic E-state index is 12.3. The third-order valence-electron chi connectivity index (χ3n) is 8.66. The predicted molar refractivity (Wildman–Crippen MR) is 113 cm³/mol. The normalized spacial score (nSPS) is 47.2. The van der Waals surface area contributed by atoms with E-state index in [2.05, 4.69) is 0 Å². The van der Waals surface area contributed by atoms with Crippen LogP contribution >= 0.6 is 0 Å². The van der Waals surface area contributed by atoms with E-state index in [9.17, 15) is 24.9 Å². The largest absolute Gasteiger partial charge is 0.458 e. The molecule has 0 radical (unpaired) electrons. The molecule has 8 nitrogen and oxygen atoms in total. The molecule has 32 heavy (non-hydrogen) atoms. The molecule has 8 heteroatoms. The molecule has 1 heterocycles. The van der Waals surface area contributed by atoms with Crippen molar-refractivity contribution in [3.63, 3.8) is 0 Å². The molecule has 3 N–H and O–H groups in total. The van der Waals surface area contributed by atoms with E-state index in [0.717, 1.165) is 11.1 Å². The standard InChI is InChI=1S/C24H36O8/c1-11-9-14(27)17-18(29)20-23(6,8-7-15(28)24(20)10-30-24)21(32-13(3)26)19(31-12(2)25)16(11)22(17,4)5/h14-15,17-21,27-29H,7-10H2,1-6H3. The summed E-state index contributed by atoms with van der Waals surface area (Å²) in [4.78, 5) is 24.5. The number of aliphatic hydroxyl groups excluding tert-OH is 3. The number of carbonyl (C=O) groups is 2. The molecule has 0 amide bonds. The van der Waals surface area contributed by atoms with Crippen LogP contribution in [0.4, 0.5) is 0 Å². The first-order valence-electron chi connectivity index (χ1n) is 11.5. The van der Waals surface area contributed by atoms with E-state index in [1.807, 2.05) is 27.7 Å². The van der Waals surface area contributed by atoms with Crippen molar-refractivity contribution in [3.8, 4) is 0 Å². The Hall–Kier alpha value is -1.48. The first-order valence-corrected chi connectivity index (χ1v) is 11.5. The summed E-state index contributed by atoms with van der Waals surface area (Å²) >= 11 is 0. The SMILES string of the molecule is CC(=O)OC1C2=C(C)CC(O)C(C(O)C3C(C)(CCC(O)C34CO4)C1OC(C)=O)C2(C)C. The third kappa shape index (κ3) is 3.25. The molecular weight excluding hydrogens is 416 g/mol. The molecule has 9 unspecified atom stereocenters. The van der Waals surface area contributed by atoms with E-state index in [4.69, 9.17) is 14.2 Å². The van der Waals surface area contributed by atoms with Gasteiger partial charge in [-0.25, -0.2) is 0 Å². The molecule has 0 aromatic heterocycles. The summed E-state index contributed by atoms with van der Waals surface area (Å²) in [6.45, 7) is 10.6. The van der Waals surface area contributed by atoms with Crippen molar-refractivity contribution in [2.24, 2.45) is 22.7 Å². The Bertz CT molecular complexity index is 843. The van der Waals surface area contributed by atoms with E-state index in [1.165, 1.54) is 13.8 Å². The summed E-state index contributed by atoms with van der Waals surface area (Å²) in [6.07, 6.45) is -3.21. The number of esters is 2. The molecular formula is C24H36O8. The minimum atomic E-state index is -1.03. The maximum Gasteiger partial charge on any atom is 0.303 e. The van der Waals surface area contributed by atoms with Gasteiger partial charge in [-0.1, -0.05) is 26.3 Å². The van der Waals surface area contributed by atoms with Gasteiger partial charge < -0.3 is 29.5 Å². The molecule has 180 valence electrons. The summed E-state index contributed by atoms with van der Waals surface area (Å²) in [5, 5.41) is 33.9. The first-order chi connectivity index (χ1) is 14.8. The molecule has 4 aliphatic rings. The lowest BCUT2D eigenvalue weighted by Gasteiger charge is -2.60. The highest BCUT2D eigenvalue weighted by atomic mass is 16.6. The van der Waals surface area contributed by atoms with Gasteiger partial charge in [0.1, 0.15) is 11.7 Å². The fourth-order valence-corrected chi connectivity index (χ4v) is 7.47. The summed E-state index contributed by atoms with van der Waals surface area (Å²) in [5.41, 5.74) is -0.957. The lowest BCUT2D eigenvalue weighted by molar-refractivity contribution is -0.224. The topological polar surface area (TPSA) is 126 Å². The van der Waals surface area contributed by atoms with Crippen LogP contribution in [0.1, 0.15) is 60.8 Å². The Labute approximate surface area is 188 Å². The Morgan fingerprint density at radius 1 is 1.06 bits per heavy atom. The highest BCUT2D eigenvalue weighted by Gasteiger charge is 2.73. The van der Waals surface area contributed by atoms with Crippen molar-refractivity contribution in [3.05, 3.63) is 11.1 Å². The number of ether oxygens (including phenoxy) is 3. The number of aliphatic hydroxyl groups is 3. The number of carbonyl (C=O) groups excluding carboxylic acids is 2. The number of fused-ring (bicyclic) bond motifs is 4. The molecule has 0 aromatic carbocycles. The van der Waals surface area contributed by atoms with Gasteiger partial charge in [-0.3, -0.25) is 9.59 Å². The lowest BCUT2D eigenvalue weighted by atomic mass is 9.47. The van der Waals surface area contributed by atoms with Gasteiger partial charge in [0.2, 0.25) is 0 Å². The van der Waals surface area contributed by atoms with Crippen LogP contribution in [0.5, 0.6) is 0 Å². The fourth-order valence-electron chi connectivity index (χ4n) is 7.47. The summed E-state index contributed by atoms with van der Waals surface area (Å²) in [6, 6.07) is 0. The predicted octanol–water partition coefficient (Wildman–Crippen LogP) is 1.49. The van der Waals surface area contributed by atoms with Crippen LogP contribution in [0.3, 0.4) is 0 Å².